The fourth-order valence-electron chi connectivity index (χ4n) is 2.29. The van der Waals surface area contributed by atoms with Gasteiger partial charge in [0.15, 0.2) is 7.59 Å². The topological polar surface area (TPSA) is 17.1 Å². The van der Waals surface area contributed by atoms with Crippen molar-refractivity contribution >= 4 is 147 Å². The molecule has 0 fully saturated rings. The predicted octanol–water partition coefficient (Wildman–Crippen LogP) is 8.92. The van der Waals surface area contributed by atoms with E-state index in [0.717, 1.165) is 6.29 Å². The summed E-state index contributed by atoms with van der Waals surface area (Å²) in [4.78, 5) is 11.9. The third-order valence-electron chi connectivity index (χ3n) is 2.96. The molecule has 0 saturated carbocycles. The number of hydrogen-bond acceptors (Lipinski definition) is 1. The van der Waals surface area contributed by atoms with Crippen molar-refractivity contribution in [2.75, 3.05) is 0 Å². The minimum absolute atomic E-state index is 0.0755. The van der Waals surface area contributed by atoms with Crippen LogP contribution in [0.2, 0.25) is 0 Å². The van der Waals surface area contributed by atoms with Crippen LogP contribution in [0.25, 0.3) is 0 Å². The summed E-state index contributed by atoms with van der Waals surface area (Å²) in [6, 6.07) is 0. The molecule has 0 amide bonds. The molecular weight excluding hydrogens is 683 g/mol. The molecule has 12 heteroatoms. The van der Waals surface area contributed by atoms with Gasteiger partial charge < -0.3 is 4.79 Å². The van der Waals surface area contributed by atoms with Crippen molar-refractivity contribution in [3.05, 3.63) is 0 Å². The number of rotatable bonds is 8. The highest BCUT2D eigenvalue weighted by molar-refractivity contribution is 9.39. The van der Waals surface area contributed by atoms with Crippen LogP contribution in [0.1, 0.15) is 32.1 Å². The summed E-state index contributed by atoms with van der Waals surface area (Å²) in [6.45, 7) is 0. The van der Waals surface area contributed by atoms with Crippen molar-refractivity contribution in [2.45, 2.75) is 52.6 Å². The molecule has 24 heavy (non-hydrogen) atoms. The van der Waals surface area contributed by atoms with Gasteiger partial charge in [-0.3, -0.25) is 0 Å². The van der Waals surface area contributed by atoms with E-state index in [9.17, 15) is 4.79 Å². The third kappa shape index (κ3) is 14.4. The van der Waals surface area contributed by atoms with Gasteiger partial charge in [-0.15, -0.1) is 23.2 Å². The molecule has 0 aromatic carbocycles. The molecule has 1 nitrogen and oxygen atoms in total. The first kappa shape index (κ1) is 27.4. The summed E-state index contributed by atoms with van der Waals surface area (Å²) < 4.78 is -3.73. The summed E-state index contributed by atoms with van der Waals surface area (Å²) in [5.74, 6) is 0. The number of alkyl halides is 11. The van der Waals surface area contributed by atoms with Crippen molar-refractivity contribution in [1.82, 2.24) is 0 Å². The average Bonchev–Trinajstić information content (AvgIpc) is 2.19. The summed E-state index contributed by atoms with van der Waals surface area (Å²) in [6.07, 6.45) is 1.74. The lowest BCUT2D eigenvalue weighted by atomic mass is 9.77. The molecule has 0 aliphatic heterocycles. The van der Waals surface area contributed by atoms with Gasteiger partial charge in [-0.05, 0) is 19.3 Å². The molecule has 0 aromatic rings. The van der Waals surface area contributed by atoms with Crippen LogP contribution in [-0.4, -0.2) is 26.8 Å². The second-order valence-corrected chi connectivity index (χ2v) is 19.0. The SMILES string of the molecule is O=CC(CC(Cl)CC(Cl)(Cl)Cl)(CC(Cl)CC(Cl)(Cl)Cl)CC(Br)(Br)Br. The first-order valence-corrected chi connectivity index (χ1v) is 11.9. The fraction of sp³-hybridized carbons (Fsp3) is 0.917. The van der Waals surface area contributed by atoms with Crippen molar-refractivity contribution in [1.29, 1.82) is 0 Å². The highest BCUT2D eigenvalue weighted by Gasteiger charge is 2.42. The molecule has 0 spiro atoms. The lowest BCUT2D eigenvalue weighted by Crippen LogP contribution is -2.35. The summed E-state index contributed by atoms with van der Waals surface area (Å²) in [5.41, 5.74) is -0.929. The smallest absolute Gasteiger partial charge is 0.192 e. The van der Waals surface area contributed by atoms with Crippen molar-refractivity contribution in [3.8, 4) is 0 Å². The van der Waals surface area contributed by atoms with Crippen molar-refractivity contribution < 1.29 is 4.79 Å². The zero-order valence-electron chi connectivity index (χ0n) is 11.8. The Balaban J connectivity index is 5.30. The Bertz CT molecular complexity index is 381. The standard InChI is InChI=1S/C12H13Br3Cl8O/c13-10(14,15)5-9(6-24,1-7(16)3-11(18,19)20)2-8(17)4-12(21,22)23/h6-8H,1-5H2. The molecule has 0 bridgehead atoms. The lowest BCUT2D eigenvalue weighted by Gasteiger charge is -2.35. The maximum atomic E-state index is 11.9. The largest absolute Gasteiger partial charge is 0.303 e. The van der Waals surface area contributed by atoms with Crippen LogP contribution in [0.5, 0.6) is 0 Å². The van der Waals surface area contributed by atoms with Crippen molar-refractivity contribution in [3.63, 3.8) is 0 Å². The molecule has 0 aromatic heterocycles. The number of halogens is 11. The first-order valence-electron chi connectivity index (χ1n) is 6.42. The van der Waals surface area contributed by atoms with Crippen LogP contribution in [0.3, 0.4) is 0 Å². The van der Waals surface area contributed by atoms with Crippen LogP contribution in [-0.2, 0) is 4.79 Å². The maximum absolute atomic E-state index is 11.9. The Morgan fingerprint density at radius 3 is 1.29 bits per heavy atom. The zero-order chi connectivity index (χ0) is 19.4. The lowest BCUT2D eigenvalue weighted by molar-refractivity contribution is -0.117. The molecule has 0 saturated heterocycles. The molecule has 144 valence electrons. The quantitative estimate of drug-likeness (QED) is 0.183. The van der Waals surface area contributed by atoms with E-state index in [-0.39, 0.29) is 25.7 Å². The molecule has 0 N–H and O–H groups in total. The predicted molar refractivity (Wildman–Crippen MR) is 121 cm³/mol. The Labute approximate surface area is 207 Å². The monoisotopic (exact) mass is 690 g/mol. The number of carbonyl (C=O) groups is 1. The normalized spacial score (nSPS) is 18.8. The molecule has 0 radical (unpaired) electrons. The molecule has 0 aliphatic carbocycles. The van der Waals surface area contributed by atoms with Gasteiger partial charge in [0.05, 0.1) is 0 Å². The van der Waals surface area contributed by atoms with Crippen LogP contribution in [0.4, 0.5) is 0 Å². The summed E-state index contributed by atoms with van der Waals surface area (Å²) in [7, 11) is 0. The van der Waals surface area contributed by atoms with Crippen LogP contribution in [0, 0.1) is 5.41 Å². The van der Waals surface area contributed by atoms with E-state index < -0.39 is 25.9 Å². The van der Waals surface area contributed by atoms with Gasteiger partial charge in [-0.1, -0.05) is 117 Å². The third-order valence-corrected chi connectivity index (χ3v) is 5.35. The first-order chi connectivity index (χ1) is 10.5. The number of carbonyl (C=O) groups excluding carboxylic acids is 1. The second-order valence-electron chi connectivity index (χ2n) is 5.51. The van der Waals surface area contributed by atoms with E-state index in [1.807, 2.05) is 0 Å². The summed E-state index contributed by atoms with van der Waals surface area (Å²) >= 11 is 57.4. The molecule has 2 atom stereocenters. The van der Waals surface area contributed by atoms with E-state index in [4.69, 9.17) is 92.8 Å². The maximum Gasteiger partial charge on any atom is 0.192 e. The highest BCUT2D eigenvalue weighted by atomic mass is 80.0. The van der Waals surface area contributed by atoms with Crippen LogP contribution in [0.15, 0.2) is 0 Å². The molecule has 2 unspecified atom stereocenters. The Morgan fingerprint density at radius 2 is 1.08 bits per heavy atom. The fourth-order valence-corrected chi connectivity index (χ4v) is 6.64. The molecular formula is C12H13Br3Cl8O. The van der Waals surface area contributed by atoms with Gasteiger partial charge in [0.25, 0.3) is 0 Å². The van der Waals surface area contributed by atoms with Gasteiger partial charge in [0, 0.05) is 29.0 Å². The molecule has 0 heterocycles. The average molecular weight is 697 g/mol. The van der Waals surface area contributed by atoms with E-state index in [0.29, 0.717) is 6.42 Å². The minimum Gasteiger partial charge on any atom is -0.303 e. The summed E-state index contributed by atoms with van der Waals surface area (Å²) in [5, 5.41) is -1.12. The van der Waals surface area contributed by atoms with Gasteiger partial charge >= 0.3 is 0 Å². The molecule has 0 rings (SSSR count). The van der Waals surface area contributed by atoms with E-state index in [2.05, 4.69) is 47.8 Å². The van der Waals surface area contributed by atoms with Gasteiger partial charge in [0.1, 0.15) is 8.43 Å². The zero-order valence-corrected chi connectivity index (χ0v) is 22.6. The number of hydrogen-bond donors (Lipinski definition) is 0. The minimum atomic E-state index is -1.52. The highest BCUT2D eigenvalue weighted by Crippen LogP contribution is 2.50. The Morgan fingerprint density at radius 1 is 0.750 bits per heavy atom. The second kappa shape index (κ2) is 11.0. The van der Waals surface area contributed by atoms with E-state index in [1.54, 1.807) is 0 Å². The molecule has 0 aliphatic rings. The van der Waals surface area contributed by atoms with E-state index >= 15 is 0 Å². The van der Waals surface area contributed by atoms with Crippen molar-refractivity contribution in [2.24, 2.45) is 5.41 Å². The van der Waals surface area contributed by atoms with Gasteiger partial charge in [-0.2, -0.15) is 0 Å². The van der Waals surface area contributed by atoms with Crippen LogP contribution < -0.4 is 0 Å². The number of aldehydes is 1. The van der Waals surface area contributed by atoms with Gasteiger partial charge in [-0.25, -0.2) is 0 Å². The van der Waals surface area contributed by atoms with E-state index in [1.165, 1.54) is 0 Å². The Kier molecular flexibility index (Phi) is 12.6. The Hall–Kier alpha value is 3.43. The van der Waals surface area contributed by atoms with Crippen LogP contribution >= 0.6 is 141 Å². The van der Waals surface area contributed by atoms with Gasteiger partial charge in [0.2, 0.25) is 0 Å².